The second-order valence-electron chi connectivity index (χ2n) is 5.37. The van der Waals surface area contributed by atoms with Crippen molar-refractivity contribution in [3.05, 3.63) is 97.1 Å². The van der Waals surface area contributed by atoms with Crippen molar-refractivity contribution >= 4 is 22.6 Å². The molecule has 2 aromatic carbocycles. The van der Waals surface area contributed by atoms with Gasteiger partial charge in [0, 0.05) is 23.1 Å². The molecule has 0 N–H and O–H groups in total. The summed E-state index contributed by atoms with van der Waals surface area (Å²) in [6, 6.07) is 11.1. The van der Waals surface area contributed by atoms with Crippen molar-refractivity contribution in [3.8, 4) is 0 Å². The fourth-order valence-corrected chi connectivity index (χ4v) is 2.72. The molecule has 25 heavy (non-hydrogen) atoms. The fraction of sp³-hybridized carbons (Fsp3) is 0.0909. The number of amides is 2. The molecule has 126 valence electrons. The molecule has 0 atom stereocenters. The van der Waals surface area contributed by atoms with Gasteiger partial charge < -0.3 is 0 Å². The molecular formula is C22H21NO2. The predicted octanol–water partition coefficient (Wildman–Crippen LogP) is 4.93. The van der Waals surface area contributed by atoms with E-state index in [1.165, 1.54) is 4.90 Å². The van der Waals surface area contributed by atoms with Crippen molar-refractivity contribution in [3.63, 3.8) is 0 Å². The van der Waals surface area contributed by atoms with Crippen molar-refractivity contribution in [2.75, 3.05) is 6.54 Å². The number of carbonyl (C=O) groups is 2. The molecule has 0 unspecified atom stereocenters. The van der Waals surface area contributed by atoms with Gasteiger partial charge in [0.25, 0.3) is 11.8 Å². The third-order valence-corrected chi connectivity index (χ3v) is 3.95. The Morgan fingerprint density at radius 2 is 1.48 bits per heavy atom. The minimum Gasteiger partial charge on any atom is -0.275 e. The summed E-state index contributed by atoms with van der Waals surface area (Å²) in [5.74, 6) is -0.386. The lowest BCUT2D eigenvalue weighted by atomic mass is 9.94. The molecule has 2 amide bonds. The van der Waals surface area contributed by atoms with E-state index in [1.54, 1.807) is 30.4 Å². The van der Waals surface area contributed by atoms with E-state index in [2.05, 4.69) is 19.7 Å². The molecular weight excluding hydrogens is 310 g/mol. The Hall–Kier alpha value is -3.20. The molecule has 2 aromatic rings. The van der Waals surface area contributed by atoms with E-state index in [0.29, 0.717) is 17.7 Å². The highest BCUT2D eigenvalue weighted by Gasteiger charge is 2.31. The van der Waals surface area contributed by atoms with E-state index in [0.717, 1.165) is 16.3 Å². The van der Waals surface area contributed by atoms with Gasteiger partial charge >= 0.3 is 0 Å². The zero-order chi connectivity index (χ0) is 18.4. The average Bonchev–Trinajstić information content (AvgIpc) is 2.65. The van der Waals surface area contributed by atoms with Crippen LogP contribution in [0.5, 0.6) is 0 Å². The predicted molar refractivity (Wildman–Crippen MR) is 104 cm³/mol. The number of hydrogen-bond donors (Lipinski definition) is 0. The highest BCUT2D eigenvalue weighted by molar-refractivity contribution is 6.25. The van der Waals surface area contributed by atoms with Gasteiger partial charge in [0.15, 0.2) is 0 Å². The monoisotopic (exact) mass is 331 g/mol. The van der Waals surface area contributed by atoms with Gasteiger partial charge in [0.1, 0.15) is 0 Å². The van der Waals surface area contributed by atoms with Gasteiger partial charge in [-0.3, -0.25) is 14.5 Å². The van der Waals surface area contributed by atoms with Gasteiger partial charge in [-0.2, -0.15) is 0 Å². The van der Waals surface area contributed by atoms with Crippen LogP contribution in [0.4, 0.5) is 0 Å². The molecule has 0 saturated heterocycles. The molecule has 0 aromatic heterocycles. The Labute approximate surface area is 148 Å². The van der Waals surface area contributed by atoms with Crippen LogP contribution in [0, 0.1) is 0 Å². The minimum absolute atomic E-state index is 0.193. The van der Waals surface area contributed by atoms with Crippen molar-refractivity contribution in [2.45, 2.75) is 6.92 Å². The molecule has 3 heteroatoms. The summed E-state index contributed by atoms with van der Waals surface area (Å²) in [4.78, 5) is 25.6. The van der Waals surface area contributed by atoms with Crippen molar-refractivity contribution in [2.24, 2.45) is 0 Å². The Morgan fingerprint density at radius 1 is 0.960 bits per heavy atom. The van der Waals surface area contributed by atoms with Crippen molar-refractivity contribution in [1.82, 2.24) is 4.90 Å². The molecule has 0 spiro atoms. The number of nitrogens with zero attached hydrogens (tertiary/aromatic N) is 1. The first-order valence-corrected chi connectivity index (χ1v) is 8.04. The quantitative estimate of drug-likeness (QED) is 0.588. The first kappa shape index (κ1) is 18.1. The molecule has 0 aliphatic carbocycles. The third-order valence-electron chi connectivity index (χ3n) is 3.95. The van der Waals surface area contributed by atoms with E-state index < -0.39 is 0 Å². The molecule has 0 bridgehead atoms. The minimum atomic E-state index is -0.193. The number of allylic oxidation sites excluding steroid dienone is 5. The summed E-state index contributed by atoms with van der Waals surface area (Å²) in [5.41, 5.74) is 2.25. The molecule has 0 fully saturated rings. The van der Waals surface area contributed by atoms with Crippen LogP contribution in [0.3, 0.4) is 0 Å². The summed E-state index contributed by atoms with van der Waals surface area (Å²) in [5, 5.41) is 1.73. The summed E-state index contributed by atoms with van der Waals surface area (Å²) in [6.45, 7) is 12.9. The second kappa shape index (κ2) is 8.06. The summed E-state index contributed by atoms with van der Waals surface area (Å²) >= 11 is 0. The Kier molecular flexibility index (Phi) is 5.85. The van der Waals surface area contributed by atoms with Crippen molar-refractivity contribution in [1.29, 1.82) is 0 Å². The fourth-order valence-electron chi connectivity index (χ4n) is 2.72. The number of hydrogen-bond acceptors (Lipinski definition) is 2. The third kappa shape index (κ3) is 3.50. The maximum absolute atomic E-state index is 12.1. The molecule has 0 saturated carbocycles. The summed E-state index contributed by atoms with van der Waals surface area (Å²) in [6.07, 6.45) is 7.02. The summed E-state index contributed by atoms with van der Waals surface area (Å²) in [7, 11) is 0. The van der Waals surface area contributed by atoms with E-state index >= 15 is 0 Å². The SMILES string of the molecule is C=CC=C(C=C)C=C.CCN1C(=O)c2cccc3cccc(c23)C1=O. The smallest absolute Gasteiger partial charge is 0.261 e. The Balaban J connectivity index is 0.000000242. The molecule has 3 rings (SSSR count). The zero-order valence-electron chi connectivity index (χ0n) is 14.4. The van der Waals surface area contributed by atoms with Gasteiger partial charge in [-0.05, 0) is 30.0 Å². The highest BCUT2D eigenvalue weighted by Crippen LogP contribution is 2.29. The molecule has 1 aliphatic rings. The van der Waals surface area contributed by atoms with E-state index in [9.17, 15) is 9.59 Å². The molecule has 1 aliphatic heterocycles. The van der Waals surface area contributed by atoms with Crippen LogP contribution in [0.1, 0.15) is 27.6 Å². The van der Waals surface area contributed by atoms with Gasteiger partial charge in [-0.25, -0.2) is 0 Å². The Morgan fingerprint density at radius 3 is 1.84 bits per heavy atom. The average molecular weight is 331 g/mol. The number of imide groups is 1. The first-order chi connectivity index (χ1) is 12.1. The lowest BCUT2D eigenvalue weighted by Crippen LogP contribution is -2.39. The number of rotatable bonds is 4. The van der Waals surface area contributed by atoms with Crippen LogP contribution in [0.25, 0.3) is 10.8 Å². The zero-order valence-corrected chi connectivity index (χ0v) is 14.4. The van der Waals surface area contributed by atoms with Crippen molar-refractivity contribution < 1.29 is 9.59 Å². The lowest BCUT2D eigenvalue weighted by molar-refractivity contribution is 0.0619. The van der Waals surface area contributed by atoms with Gasteiger partial charge in [0.05, 0.1) is 0 Å². The van der Waals surface area contributed by atoms with Crippen LogP contribution in [0.15, 0.2) is 86.0 Å². The van der Waals surface area contributed by atoms with E-state index in [1.807, 2.05) is 37.3 Å². The maximum Gasteiger partial charge on any atom is 0.261 e. The number of benzene rings is 2. The van der Waals surface area contributed by atoms with Gasteiger partial charge in [-0.15, -0.1) is 0 Å². The van der Waals surface area contributed by atoms with Gasteiger partial charge in [-0.1, -0.05) is 68.3 Å². The maximum atomic E-state index is 12.1. The second-order valence-corrected chi connectivity index (χ2v) is 5.37. The van der Waals surface area contributed by atoms with Crippen LogP contribution >= 0.6 is 0 Å². The van der Waals surface area contributed by atoms with Crippen LogP contribution in [-0.2, 0) is 0 Å². The molecule has 1 heterocycles. The normalized spacial score (nSPS) is 12.1. The highest BCUT2D eigenvalue weighted by atomic mass is 16.2. The Bertz CT molecular complexity index is 829. The first-order valence-electron chi connectivity index (χ1n) is 8.04. The lowest BCUT2D eigenvalue weighted by Gasteiger charge is -2.25. The van der Waals surface area contributed by atoms with Crippen LogP contribution in [-0.4, -0.2) is 23.3 Å². The largest absolute Gasteiger partial charge is 0.275 e. The van der Waals surface area contributed by atoms with Crippen LogP contribution in [0.2, 0.25) is 0 Å². The van der Waals surface area contributed by atoms with Gasteiger partial charge in [0.2, 0.25) is 0 Å². The molecule has 3 nitrogen and oxygen atoms in total. The van der Waals surface area contributed by atoms with Crippen LogP contribution < -0.4 is 0 Å². The molecule has 0 radical (unpaired) electrons. The topological polar surface area (TPSA) is 37.4 Å². The van der Waals surface area contributed by atoms with E-state index in [4.69, 9.17) is 0 Å². The standard InChI is InChI=1S/C14H11NO2.C8H10/c1-2-15-13(16)10-7-3-5-9-6-4-8-11(12(9)10)14(15)17;1-4-7-8(5-2)6-3/h3-8H,2H2,1H3;4-7H,1-3H2. The van der Waals surface area contributed by atoms with E-state index in [-0.39, 0.29) is 11.8 Å². The number of carbonyl (C=O) groups excluding carboxylic acids is 2. The summed E-state index contributed by atoms with van der Waals surface area (Å²) < 4.78 is 0.